The van der Waals surface area contributed by atoms with Crippen molar-refractivity contribution >= 4 is 5.97 Å². The van der Waals surface area contributed by atoms with E-state index in [1.165, 1.54) is 0 Å². The second kappa shape index (κ2) is 4.53. The van der Waals surface area contributed by atoms with Crippen LogP contribution in [0.25, 0.3) is 0 Å². The molecule has 86 valence electrons. The Morgan fingerprint density at radius 3 is 2.94 bits per heavy atom. The molecule has 1 heterocycles. The molecule has 0 unspecified atom stereocenters. The summed E-state index contributed by atoms with van der Waals surface area (Å²) in [6.07, 6.45) is 1.26. The highest BCUT2D eigenvalue weighted by molar-refractivity contribution is 5.66. The second-order valence-electron chi connectivity index (χ2n) is 3.94. The molecule has 0 atom stereocenters. The Morgan fingerprint density at radius 1 is 1.38 bits per heavy atom. The molecule has 2 rings (SSSR count). The third-order valence-corrected chi connectivity index (χ3v) is 2.82. The van der Waals surface area contributed by atoms with Crippen molar-refractivity contribution in [3.8, 4) is 5.75 Å². The number of carboxylic acids is 1. The fourth-order valence-corrected chi connectivity index (χ4v) is 2.00. The van der Waals surface area contributed by atoms with Gasteiger partial charge < -0.3 is 14.9 Å². The summed E-state index contributed by atoms with van der Waals surface area (Å²) < 4.78 is 5.31. The topological polar surface area (TPSA) is 66.8 Å². The Kier molecular flexibility index (Phi) is 3.10. The van der Waals surface area contributed by atoms with Crippen LogP contribution in [-0.2, 0) is 29.2 Å². The molecule has 0 spiro atoms. The quantitative estimate of drug-likeness (QED) is 0.815. The number of aromatic hydroxyl groups is 1. The van der Waals surface area contributed by atoms with Crippen LogP contribution in [0.5, 0.6) is 5.75 Å². The van der Waals surface area contributed by atoms with Crippen LogP contribution in [0.1, 0.15) is 29.5 Å². The molecule has 2 N–H and O–H groups in total. The largest absolute Gasteiger partial charge is 0.508 e. The molecule has 0 amide bonds. The Morgan fingerprint density at radius 2 is 2.19 bits per heavy atom. The van der Waals surface area contributed by atoms with Crippen LogP contribution in [-0.4, -0.2) is 16.2 Å². The molecule has 1 aromatic rings. The van der Waals surface area contributed by atoms with Gasteiger partial charge in [-0.2, -0.15) is 0 Å². The van der Waals surface area contributed by atoms with Gasteiger partial charge in [-0.05, 0) is 35.6 Å². The van der Waals surface area contributed by atoms with Crippen LogP contribution < -0.4 is 0 Å². The highest BCUT2D eigenvalue weighted by atomic mass is 16.5. The van der Waals surface area contributed by atoms with Gasteiger partial charge in [-0.15, -0.1) is 0 Å². The van der Waals surface area contributed by atoms with Gasteiger partial charge in [0.05, 0.1) is 13.2 Å². The highest BCUT2D eigenvalue weighted by Crippen LogP contribution is 2.31. The van der Waals surface area contributed by atoms with Crippen LogP contribution in [0.2, 0.25) is 0 Å². The molecule has 0 saturated carbocycles. The van der Waals surface area contributed by atoms with E-state index in [0.717, 1.165) is 16.7 Å². The smallest absolute Gasteiger partial charge is 0.303 e. The van der Waals surface area contributed by atoms with Crippen LogP contribution in [0.15, 0.2) is 12.1 Å². The number of ether oxygens (including phenoxy) is 1. The molecular weight excluding hydrogens is 208 g/mol. The molecule has 1 aliphatic rings. The predicted octanol–water partition coefficient (Wildman–Crippen LogP) is 1.83. The number of benzene rings is 1. The van der Waals surface area contributed by atoms with Gasteiger partial charge in [-0.3, -0.25) is 4.79 Å². The zero-order chi connectivity index (χ0) is 11.5. The van der Waals surface area contributed by atoms with Crippen LogP contribution in [0.4, 0.5) is 0 Å². The van der Waals surface area contributed by atoms with Crippen molar-refractivity contribution < 1.29 is 19.7 Å². The summed E-state index contributed by atoms with van der Waals surface area (Å²) in [5, 5.41) is 18.3. The van der Waals surface area contributed by atoms with E-state index in [1.807, 2.05) is 6.07 Å². The van der Waals surface area contributed by atoms with E-state index < -0.39 is 5.97 Å². The number of aliphatic carboxylic acids is 1. The van der Waals surface area contributed by atoms with Crippen molar-refractivity contribution in [1.82, 2.24) is 0 Å². The van der Waals surface area contributed by atoms with E-state index in [0.29, 0.717) is 26.1 Å². The van der Waals surface area contributed by atoms with Gasteiger partial charge >= 0.3 is 5.97 Å². The van der Waals surface area contributed by atoms with E-state index in [4.69, 9.17) is 9.84 Å². The first-order chi connectivity index (χ1) is 7.68. The fraction of sp³-hybridized carbons (Fsp3) is 0.417. The maximum absolute atomic E-state index is 10.4. The van der Waals surface area contributed by atoms with Crippen LogP contribution >= 0.6 is 0 Å². The minimum Gasteiger partial charge on any atom is -0.508 e. The minimum absolute atomic E-state index is 0.129. The molecule has 0 saturated heterocycles. The molecular formula is C12H14O4. The Balaban J connectivity index is 2.13. The Labute approximate surface area is 93.5 Å². The molecule has 1 aliphatic heterocycles. The zero-order valence-electron chi connectivity index (χ0n) is 8.90. The number of hydrogen-bond acceptors (Lipinski definition) is 3. The first-order valence-electron chi connectivity index (χ1n) is 5.30. The third kappa shape index (κ3) is 2.17. The Bertz CT molecular complexity index is 412. The van der Waals surface area contributed by atoms with E-state index in [9.17, 15) is 9.90 Å². The maximum atomic E-state index is 10.4. The molecule has 4 heteroatoms. The number of hydrogen-bond donors (Lipinski definition) is 2. The number of carbonyl (C=O) groups is 1. The Hall–Kier alpha value is -1.55. The standard InChI is InChI=1S/C12H14O4/c13-11-5-4-8-6-16-7-10(8)9(11)2-1-3-12(14)15/h4-5,13H,1-3,6-7H2,(H,14,15). The molecule has 0 radical (unpaired) electrons. The van der Waals surface area contributed by atoms with Crippen molar-refractivity contribution in [2.45, 2.75) is 32.5 Å². The first-order valence-corrected chi connectivity index (χ1v) is 5.30. The van der Waals surface area contributed by atoms with Gasteiger partial charge in [0.2, 0.25) is 0 Å². The summed E-state index contributed by atoms with van der Waals surface area (Å²) in [4.78, 5) is 10.4. The summed E-state index contributed by atoms with van der Waals surface area (Å²) in [6, 6.07) is 3.52. The third-order valence-electron chi connectivity index (χ3n) is 2.82. The fourth-order valence-electron chi connectivity index (χ4n) is 2.00. The minimum atomic E-state index is -0.802. The van der Waals surface area contributed by atoms with Gasteiger partial charge in [-0.25, -0.2) is 0 Å². The number of phenols is 1. The molecule has 0 aromatic heterocycles. The summed E-state index contributed by atoms with van der Waals surface area (Å²) in [5.74, 6) is -0.557. The monoisotopic (exact) mass is 222 g/mol. The lowest BCUT2D eigenvalue weighted by atomic mass is 9.98. The summed E-state index contributed by atoms with van der Waals surface area (Å²) in [7, 11) is 0. The van der Waals surface area contributed by atoms with Crippen LogP contribution in [0, 0.1) is 0 Å². The molecule has 1 aromatic carbocycles. The van der Waals surface area contributed by atoms with Gasteiger partial charge in [0.15, 0.2) is 0 Å². The molecule has 0 fully saturated rings. The van der Waals surface area contributed by atoms with E-state index >= 15 is 0 Å². The number of carboxylic acid groups (broad SMARTS) is 1. The summed E-state index contributed by atoms with van der Waals surface area (Å²) in [5.41, 5.74) is 2.98. The molecule has 0 aliphatic carbocycles. The van der Waals surface area contributed by atoms with Crippen LogP contribution in [0.3, 0.4) is 0 Å². The summed E-state index contributed by atoms with van der Waals surface area (Å²) in [6.45, 7) is 1.10. The van der Waals surface area contributed by atoms with Gasteiger partial charge in [0.25, 0.3) is 0 Å². The average molecular weight is 222 g/mol. The summed E-state index contributed by atoms with van der Waals surface area (Å²) >= 11 is 0. The average Bonchev–Trinajstić information content (AvgIpc) is 2.69. The van der Waals surface area contributed by atoms with Crippen molar-refractivity contribution in [2.24, 2.45) is 0 Å². The number of fused-ring (bicyclic) bond motifs is 1. The van der Waals surface area contributed by atoms with Gasteiger partial charge in [0, 0.05) is 6.42 Å². The van der Waals surface area contributed by atoms with Crippen molar-refractivity contribution in [1.29, 1.82) is 0 Å². The van der Waals surface area contributed by atoms with E-state index in [1.54, 1.807) is 6.07 Å². The van der Waals surface area contributed by atoms with E-state index in [2.05, 4.69) is 0 Å². The molecule has 16 heavy (non-hydrogen) atoms. The highest BCUT2D eigenvalue weighted by Gasteiger charge is 2.18. The van der Waals surface area contributed by atoms with Crippen molar-refractivity contribution in [3.05, 3.63) is 28.8 Å². The lowest BCUT2D eigenvalue weighted by molar-refractivity contribution is -0.137. The van der Waals surface area contributed by atoms with Gasteiger partial charge in [0.1, 0.15) is 5.75 Å². The predicted molar refractivity (Wildman–Crippen MR) is 57.2 cm³/mol. The lowest BCUT2D eigenvalue weighted by Gasteiger charge is -2.08. The van der Waals surface area contributed by atoms with Gasteiger partial charge in [-0.1, -0.05) is 6.07 Å². The maximum Gasteiger partial charge on any atom is 0.303 e. The molecule has 0 bridgehead atoms. The van der Waals surface area contributed by atoms with Crippen molar-refractivity contribution in [2.75, 3.05) is 0 Å². The SMILES string of the molecule is O=C(O)CCCc1c(O)ccc2c1COC2. The lowest BCUT2D eigenvalue weighted by Crippen LogP contribution is -1.99. The molecule has 4 nitrogen and oxygen atoms in total. The second-order valence-corrected chi connectivity index (χ2v) is 3.94. The van der Waals surface area contributed by atoms with Crippen molar-refractivity contribution in [3.63, 3.8) is 0 Å². The zero-order valence-corrected chi connectivity index (χ0v) is 8.90. The van der Waals surface area contributed by atoms with E-state index in [-0.39, 0.29) is 12.2 Å². The normalized spacial score (nSPS) is 13.8. The number of phenolic OH excluding ortho intramolecular Hbond substituents is 1. The number of rotatable bonds is 4. The first kappa shape index (κ1) is 11.0.